The van der Waals surface area contributed by atoms with Gasteiger partial charge in [0.15, 0.2) is 0 Å². The maximum atomic E-state index is 12.0. The molecule has 1 aromatic carbocycles. The van der Waals surface area contributed by atoms with Crippen LogP contribution < -0.4 is 16.0 Å². The average molecular weight is 400 g/mol. The summed E-state index contributed by atoms with van der Waals surface area (Å²) in [5, 5.41) is 8.54. The predicted molar refractivity (Wildman–Crippen MR) is 101 cm³/mol. The highest BCUT2D eigenvalue weighted by molar-refractivity contribution is 6.36. The Kier molecular flexibility index (Phi) is 7.72. The molecule has 0 radical (unpaired) electrons. The molecule has 1 saturated carbocycles. The van der Waals surface area contributed by atoms with E-state index in [1.165, 1.54) is 18.6 Å². The van der Waals surface area contributed by atoms with Crippen LogP contribution in [0.4, 0.5) is 0 Å². The van der Waals surface area contributed by atoms with Crippen LogP contribution in [0.15, 0.2) is 18.2 Å². The molecule has 2 unspecified atom stereocenters. The zero-order valence-electron chi connectivity index (χ0n) is 14.6. The van der Waals surface area contributed by atoms with Gasteiger partial charge in [0, 0.05) is 11.1 Å². The molecule has 0 aliphatic heterocycles. The van der Waals surface area contributed by atoms with Crippen LogP contribution in [0.1, 0.15) is 43.0 Å². The smallest absolute Gasteiger partial charge is 0.253 e. The van der Waals surface area contributed by atoms with E-state index in [0.717, 1.165) is 19.3 Å². The lowest BCUT2D eigenvalue weighted by Crippen LogP contribution is -2.47. The summed E-state index contributed by atoms with van der Waals surface area (Å²) in [7, 11) is 0. The molecule has 1 aliphatic carbocycles. The number of hydrogen-bond acceptors (Lipinski definition) is 3. The van der Waals surface area contributed by atoms with Gasteiger partial charge in [-0.25, -0.2) is 0 Å². The second-order valence-corrected chi connectivity index (χ2v) is 7.36. The summed E-state index contributed by atoms with van der Waals surface area (Å²) in [6.45, 7) is 1.77. The van der Waals surface area contributed by atoms with Gasteiger partial charge in [-0.05, 0) is 37.0 Å². The number of amides is 3. The minimum Gasteiger partial charge on any atom is -0.352 e. The van der Waals surface area contributed by atoms with E-state index in [0.29, 0.717) is 10.9 Å². The Balaban J connectivity index is 1.71. The highest BCUT2D eigenvalue weighted by Gasteiger charge is 2.22. The maximum Gasteiger partial charge on any atom is 0.253 e. The van der Waals surface area contributed by atoms with Crippen LogP contribution in [-0.2, 0) is 9.59 Å². The molecule has 3 N–H and O–H groups in total. The van der Waals surface area contributed by atoms with Crippen LogP contribution in [-0.4, -0.2) is 36.9 Å². The molecule has 0 aromatic heterocycles. The fourth-order valence-corrected chi connectivity index (χ4v) is 3.45. The largest absolute Gasteiger partial charge is 0.352 e. The van der Waals surface area contributed by atoms with Gasteiger partial charge in [0.1, 0.15) is 0 Å². The van der Waals surface area contributed by atoms with Crippen molar-refractivity contribution in [3.63, 3.8) is 0 Å². The zero-order chi connectivity index (χ0) is 19.1. The van der Waals surface area contributed by atoms with Crippen LogP contribution in [0.25, 0.3) is 0 Å². The summed E-state index contributed by atoms with van der Waals surface area (Å²) in [6, 6.07) is 4.64. The molecular weight excluding hydrogens is 377 g/mol. The highest BCUT2D eigenvalue weighted by Crippen LogP contribution is 2.23. The minimum atomic E-state index is -0.484. The fraction of sp³-hybridized carbons (Fsp3) is 0.500. The Hall–Kier alpha value is -1.79. The van der Waals surface area contributed by atoms with Gasteiger partial charge in [0.25, 0.3) is 5.91 Å². The normalized spacial score (nSPS) is 19.5. The predicted octanol–water partition coefficient (Wildman–Crippen LogP) is 2.53. The lowest BCUT2D eigenvalue weighted by molar-refractivity contribution is -0.126. The molecule has 3 amide bonds. The SMILES string of the molecule is CC1CCCCC1NC(=O)CNC(=O)CNC(=O)c1ccc(Cl)cc1Cl. The number of rotatable bonds is 6. The van der Waals surface area contributed by atoms with Crippen molar-refractivity contribution >= 4 is 40.9 Å². The van der Waals surface area contributed by atoms with Gasteiger partial charge < -0.3 is 16.0 Å². The molecule has 2 rings (SSSR count). The second-order valence-electron chi connectivity index (χ2n) is 6.52. The van der Waals surface area contributed by atoms with Gasteiger partial charge in [-0.15, -0.1) is 0 Å². The van der Waals surface area contributed by atoms with Crippen molar-refractivity contribution in [1.29, 1.82) is 0 Å². The standard InChI is InChI=1S/C18H23Cl2N3O3/c1-11-4-2-3-5-15(11)23-17(25)10-21-16(24)9-22-18(26)13-7-6-12(19)8-14(13)20/h6-8,11,15H,2-5,9-10H2,1H3,(H,21,24)(H,22,26)(H,23,25). The fourth-order valence-electron chi connectivity index (χ4n) is 2.96. The first-order valence-corrected chi connectivity index (χ1v) is 9.41. The molecule has 6 nitrogen and oxygen atoms in total. The number of halogens is 2. The van der Waals surface area contributed by atoms with Gasteiger partial charge in [-0.2, -0.15) is 0 Å². The van der Waals surface area contributed by atoms with E-state index >= 15 is 0 Å². The molecule has 142 valence electrons. The second kappa shape index (κ2) is 9.78. The third-order valence-corrected chi connectivity index (χ3v) is 5.04. The Morgan fingerprint density at radius 2 is 1.73 bits per heavy atom. The molecule has 0 bridgehead atoms. The molecule has 1 aliphatic rings. The van der Waals surface area contributed by atoms with Gasteiger partial charge in [-0.1, -0.05) is 43.0 Å². The van der Waals surface area contributed by atoms with Crippen molar-refractivity contribution in [2.45, 2.75) is 38.6 Å². The zero-order valence-corrected chi connectivity index (χ0v) is 16.1. The first kappa shape index (κ1) is 20.5. The summed E-state index contributed by atoms with van der Waals surface area (Å²) in [4.78, 5) is 35.8. The van der Waals surface area contributed by atoms with Crippen LogP contribution in [0.3, 0.4) is 0 Å². The number of benzene rings is 1. The van der Waals surface area contributed by atoms with E-state index in [9.17, 15) is 14.4 Å². The first-order chi connectivity index (χ1) is 12.4. The van der Waals surface area contributed by atoms with Crippen molar-refractivity contribution in [2.75, 3.05) is 13.1 Å². The maximum absolute atomic E-state index is 12.0. The third kappa shape index (κ3) is 6.18. The first-order valence-electron chi connectivity index (χ1n) is 8.66. The lowest BCUT2D eigenvalue weighted by atomic mass is 9.86. The molecule has 0 spiro atoms. The summed E-state index contributed by atoms with van der Waals surface area (Å²) in [5.74, 6) is -0.700. The third-order valence-electron chi connectivity index (χ3n) is 4.49. The molecule has 0 saturated heterocycles. The van der Waals surface area contributed by atoms with Gasteiger partial charge in [-0.3, -0.25) is 14.4 Å². The van der Waals surface area contributed by atoms with E-state index in [1.807, 2.05) is 0 Å². The molecule has 1 aromatic rings. The van der Waals surface area contributed by atoms with E-state index in [-0.39, 0.29) is 35.6 Å². The monoisotopic (exact) mass is 399 g/mol. The van der Waals surface area contributed by atoms with Crippen molar-refractivity contribution in [1.82, 2.24) is 16.0 Å². The molecule has 0 heterocycles. The average Bonchev–Trinajstić information content (AvgIpc) is 2.60. The van der Waals surface area contributed by atoms with Gasteiger partial charge in [0.2, 0.25) is 11.8 Å². The topological polar surface area (TPSA) is 87.3 Å². The lowest BCUT2D eigenvalue weighted by Gasteiger charge is -2.29. The molecule has 8 heteroatoms. The molecular formula is C18H23Cl2N3O3. The minimum absolute atomic E-state index is 0.111. The number of carbonyl (C=O) groups excluding carboxylic acids is 3. The van der Waals surface area contributed by atoms with Crippen LogP contribution >= 0.6 is 23.2 Å². The number of nitrogens with one attached hydrogen (secondary N) is 3. The Morgan fingerprint density at radius 1 is 1.04 bits per heavy atom. The van der Waals surface area contributed by atoms with E-state index in [2.05, 4.69) is 22.9 Å². The van der Waals surface area contributed by atoms with Gasteiger partial charge >= 0.3 is 0 Å². The number of hydrogen-bond donors (Lipinski definition) is 3. The summed E-state index contributed by atoms with van der Waals surface area (Å²) < 4.78 is 0. The number of carbonyl (C=O) groups is 3. The van der Waals surface area contributed by atoms with Crippen molar-refractivity contribution < 1.29 is 14.4 Å². The summed E-state index contributed by atoms with van der Waals surface area (Å²) in [5.41, 5.74) is 0.230. The van der Waals surface area contributed by atoms with E-state index in [1.54, 1.807) is 6.07 Å². The van der Waals surface area contributed by atoms with Crippen molar-refractivity contribution in [2.24, 2.45) is 5.92 Å². The van der Waals surface area contributed by atoms with E-state index < -0.39 is 11.8 Å². The molecule has 2 atom stereocenters. The molecule has 26 heavy (non-hydrogen) atoms. The van der Waals surface area contributed by atoms with Crippen molar-refractivity contribution in [3.8, 4) is 0 Å². The van der Waals surface area contributed by atoms with Crippen molar-refractivity contribution in [3.05, 3.63) is 33.8 Å². The summed E-state index contributed by atoms with van der Waals surface area (Å²) >= 11 is 11.7. The van der Waals surface area contributed by atoms with Crippen LogP contribution in [0.5, 0.6) is 0 Å². The quantitative estimate of drug-likeness (QED) is 0.686. The Morgan fingerprint density at radius 3 is 2.42 bits per heavy atom. The highest BCUT2D eigenvalue weighted by atomic mass is 35.5. The van der Waals surface area contributed by atoms with Crippen LogP contribution in [0.2, 0.25) is 10.0 Å². The van der Waals surface area contributed by atoms with Gasteiger partial charge in [0.05, 0.1) is 23.7 Å². The summed E-state index contributed by atoms with van der Waals surface area (Å²) in [6.07, 6.45) is 4.39. The molecule has 1 fully saturated rings. The Bertz CT molecular complexity index is 682. The van der Waals surface area contributed by atoms with Crippen LogP contribution in [0, 0.1) is 5.92 Å². The Labute approximate surface area is 163 Å². The van der Waals surface area contributed by atoms with E-state index in [4.69, 9.17) is 23.2 Å².